The molecule has 10 heteroatoms. The molecule has 2 N–H and O–H groups in total. The van der Waals surface area contributed by atoms with Gasteiger partial charge in [0.25, 0.3) is 5.91 Å². The zero-order valence-electron chi connectivity index (χ0n) is 13.1. The van der Waals surface area contributed by atoms with Crippen molar-refractivity contribution in [2.24, 2.45) is 0 Å². The molecule has 0 spiro atoms. The molecular weight excluding hydrogens is 320 g/mol. The van der Waals surface area contributed by atoms with Gasteiger partial charge < -0.3 is 5.32 Å². The predicted octanol–water partition coefficient (Wildman–Crippen LogP) is -0.269. The normalized spacial score (nSPS) is 11.7. The molecule has 1 aromatic heterocycles. The second kappa shape index (κ2) is 6.84. The lowest BCUT2D eigenvalue weighted by Crippen LogP contribution is -2.27. The maximum absolute atomic E-state index is 12.3. The Hall–Kier alpha value is -2.33. The topological polar surface area (TPSA) is 121 Å². The third-order valence-corrected chi connectivity index (χ3v) is 5.19. The maximum atomic E-state index is 12.3. The van der Waals surface area contributed by atoms with Crippen molar-refractivity contribution in [3.8, 4) is 0 Å². The number of hydrogen-bond acceptors (Lipinski definition) is 6. The molecule has 2 aromatic rings. The maximum Gasteiger partial charge on any atom is 0.251 e. The van der Waals surface area contributed by atoms with Gasteiger partial charge in [-0.05, 0) is 24.6 Å². The zero-order valence-corrected chi connectivity index (χ0v) is 13.9. The molecule has 0 aliphatic heterocycles. The van der Waals surface area contributed by atoms with Gasteiger partial charge in [0, 0.05) is 32.6 Å². The number of carbonyl (C=O) groups excluding carboxylic acids is 1. The van der Waals surface area contributed by atoms with Crippen LogP contribution in [-0.4, -0.2) is 59.9 Å². The number of sulfonamides is 1. The third-order valence-electron chi connectivity index (χ3n) is 3.23. The Labute approximate surface area is 134 Å². The van der Waals surface area contributed by atoms with Crippen LogP contribution in [-0.2, 0) is 16.4 Å². The van der Waals surface area contributed by atoms with Gasteiger partial charge in [-0.3, -0.25) is 4.79 Å². The molecule has 9 nitrogen and oxygen atoms in total. The van der Waals surface area contributed by atoms with Crippen LogP contribution in [0.4, 0.5) is 0 Å². The summed E-state index contributed by atoms with van der Waals surface area (Å²) in [5.41, 5.74) is 0.867. The first-order valence-corrected chi connectivity index (χ1v) is 8.30. The number of carbonyl (C=O) groups is 1. The number of H-pyrrole nitrogens is 1. The Balaban J connectivity index is 2.12. The fourth-order valence-corrected chi connectivity index (χ4v) is 3.04. The number of aromatic nitrogens is 4. The van der Waals surface area contributed by atoms with Gasteiger partial charge in [-0.1, -0.05) is 11.3 Å². The number of hydrogen-bond donors (Lipinski definition) is 2. The van der Waals surface area contributed by atoms with Crippen LogP contribution in [0.15, 0.2) is 23.1 Å². The summed E-state index contributed by atoms with van der Waals surface area (Å²) in [6.45, 7) is 2.01. The van der Waals surface area contributed by atoms with Gasteiger partial charge in [-0.15, -0.1) is 10.2 Å². The van der Waals surface area contributed by atoms with Gasteiger partial charge in [0.05, 0.1) is 4.90 Å². The van der Waals surface area contributed by atoms with Crippen molar-refractivity contribution in [2.45, 2.75) is 18.2 Å². The van der Waals surface area contributed by atoms with Crippen LogP contribution in [0.5, 0.6) is 0 Å². The summed E-state index contributed by atoms with van der Waals surface area (Å²) in [5, 5.41) is 16.0. The van der Waals surface area contributed by atoms with E-state index in [0.29, 0.717) is 24.4 Å². The van der Waals surface area contributed by atoms with E-state index in [0.717, 1.165) is 4.31 Å². The minimum atomic E-state index is -3.60. The molecule has 0 saturated carbocycles. The predicted molar refractivity (Wildman–Crippen MR) is 82.3 cm³/mol. The Morgan fingerprint density at radius 2 is 2.09 bits per heavy atom. The second-order valence-corrected chi connectivity index (χ2v) is 7.22. The Morgan fingerprint density at radius 1 is 1.35 bits per heavy atom. The Kier molecular flexibility index (Phi) is 5.06. The fraction of sp³-hybridized carbons (Fsp3) is 0.385. The summed E-state index contributed by atoms with van der Waals surface area (Å²) in [6, 6.07) is 4.59. The number of rotatable bonds is 6. The van der Waals surface area contributed by atoms with Gasteiger partial charge >= 0.3 is 0 Å². The highest BCUT2D eigenvalue weighted by Gasteiger charge is 2.21. The first-order chi connectivity index (χ1) is 10.8. The van der Waals surface area contributed by atoms with Crippen molar-refractivity contribution in [3.63, 3.8) is 0 Å². The number of aryl methyl sites for hydroxylation is 1. The summed E-state index contributed by atoms with van der Waals surface area (Å²) in [4.78, 5) is 12.3. The van der Waals surface area contributed by atoms with Crippen molar-refractivity contribution in [1.29, 1.82) is 0 Å². The van der Waals surface area contributed by atoms with Gasteiger partial charge in [-0.25, -0.2) is 12.7 Å². The summed E-state index contributed by atoms with van der Waals surface area (Å²) in [7, 11) is -0.697. The molecule has 1 aromatic carbocycles. The highest BCUT2D eigenvalue weighted by Crippen LogP contribution is 2.19. The van der Waals surface area contributed by atoms with Gasteiger partial charge in [0.2, 0.25) is 10.0 Å². The molecule has 0 radical (unpaired) electrons. The number of benzene rings is 1. The molecule has 0 saturated heterocycles. The molecule has 2 rings (SSSR count). The SMILES string of the molecule is Cc1ccc(C(=O)NCCc2nn[nH]n2)cc1S(=O)(=O)N(C)C. The number of nitrogens with zero attached hydrogens (tertiary/aromatic N) is 4. The number of amides is 1. The van der Waals surface area contributed by atoms with Crippen molar-refractivity contribution >= 4 is 15.9 Å². The summed E-state index contributed by atoms with van der Waals surface area (Å²) in [5.74, 6) is 0.133. The monoisotopic (exact) mass is 338 g/mol. The Morgan fingerprint density at radius 3 is 2.70 bits per heavy atom. The van der Waals surface area contributed by atoms with E-state index in [-0.39, 0.29) is 16.4 Å². The molecule has 0 fully saturated rings. The van der Waals surface area contributed by atoms with Crippen molar-refractivity contribution in [1.82, 2.24) is 30.2 Å². The van der Waals surface area contributed by atoms with Crippen LogP contribution in [0.2, 0.25) is 0 Å². The average Bonchev–Trinajstić information content (AvgIpc) is 3.00. The summed E-state index contributed by atoms with van der Waals surface area (Å²) in [6.07, 6.45) is 0.428. The third kappa shape index (κ3) is 3.90. The van der Waals surface area contributed by atoms with Crippen LogP contribution >= 0.6 is 0 Å². The van der Waals surface area contributed by atoms with Crippen LogP contribution in [0, 0.1) is 6.92 Å². The standard InChI is InChI=1S/C13H18N6O3S/c1-9-4-5-10(8-11(9)23(21,22)19(2)3)13(20)14-7-6-12-15-17-18-16-12/h4-5,8H,6-7H2,1-3H3,(H,14,20)(H,15,16,17,18). The van der Waals surface area contributed by atoms with E-state index in [1.165, 1.54) is 20.2 Å². The van der Waals surface area contributed by atoms with Crippen molar-refractivity contribution in [3.05, 3.63) is 35.2 Å². The van der Waals surface area contributed by atoms with Crippen LogP contribution in [0.25, 0.3) is 0 Å². The van der Waals surface area contributed by atoms with Crippen LogP contribution in [0.1, 0.15) is 21.7 Å². The van der Waals surface area contributed by atoms with Crippen molar-refractivity contribution < 1.29 is 13.2 Å². The fourth-order valence-electron chi connectivity index (χ4n) is 1.89. The van der Waals surface area contributed by atoms with E-state index in [1.54, 1.807) is 19.1 Å². The molecule has 0 aliphatic rings. The molecule has 0 bridgehead atoms. The quantitative estimate of drug-likeness (QED) is 0.748. The van der Waals surface area contributed by atoms with E-state index < -0.39 is 10.0 Å². The van der Waals surface area contributed by atoms with Crippen LogP contribution < -0.4 is 5.32 Å². The van der Waals surface area contributed by atoms with Crippen molar-refractivity contribution in [2.75, 3.05) is 20.6 Å². The molecule has 1 amide bonds. The molecule has 0 unspecified atom stereocenters. The lowest BCUT2D eigenvalue weighted by Gasteiger charge is -2.14. The van der Waals surface area contributed by atoms with Gasteiger partial charge in [-0.2, -0.15) is 5.21 Å². The van der Waals surface area contributed by atoms with Gasteiger partial charge in [0.1, 0.15) is 0 Å². The molecular formula is C13H18N6O3S. The van der Waals surface area contributed by atoms with Gasteiger partial charge in [0.15, 0.2) is 5.82 Å². The smallest absolute Gasteiger partial charge is 0.251 e. The minimum absolute atomic E-state index is 0.119. The van der Waals surface area contributed by atoms with Crippen LogP contribution in [0.3, 0.4) is 0 Å². The van der Waals surface area contributed by atoms with E-state index in [2.05, 4.69) is 25.9 Å². The first-order valence-electron chi connectivity index (χ1n) is 6.86. The largest absolute Gasteiger partial charge is 0.352 e. The second-order valence-electron chi connectivity index (χ2n) is 5.10. The molecule has 124 valence electrons. The molecule has 23 heavy (non-hydrogen) atoms. The summed E-state index contributed by atoms with van der Waals surface area (Å²) >= 11 is 0. The lowest BCUT2D eigenvalue weighted by molar-refractivity contribution is 0.0953. The van der Waals surface area contributed by atoms with E-state index in [1.807, 2.05) is 0 Å². The highest BCUT2D eigenvalue weighted by atomic mass is 32.2. The average molecular weight is 338 g/mol. The molecule has 0 aliphatic carbocycles. The number of tetrazole rings is 1. The van der Waals surface area contributed by atoms with E-state index in [4.69, 9.17) is 0 Å². The van der Waals surface area contributed by atoms with E-state index in [9.17, 15) is 13.2 Å². The number of nitrogens with one attached hydrogen (secondary N) is 2. The molecule has 0 atom stereocenters. The van der Waals surface area contributed by atoms with E-state index >= 15 is 0 Å². The highest BCUT2D eigenvalue weighted by molar-refractivity contribution is 7.89. The molecule has 1 heterocycles. The minimum Gasteiger partial charge on any atom is -0.352 e. The summed E-state index contributed by atoms with van der Waals surface area (Å²) < 4.78 is 25.6. The zero-order chi connectivity index (χ0) is 17.0. The Bertz CT molecular complexity index is 786. The number of aromatic amines is 1. The lowest BCUT2D eigenvalue weighted by atomic mass is 10.1. The first kappa shape index (κ1) is 17.0.